The molecule has 1 saturated heterocycles. The summed E-state index contributed by atoms with van der Waals surface area (Å²) in [7, 11) is -2.88. The molecule has 1 rings (SSSR count). The van der Waals surface area contributed by atoms with Crippen LogP contribution in [0, 0.1) is 0 Å². The lowest BCUT2D eigenvalue weighted by atomic mass is 10.2. The summed E-state index contributed by atoms with van der Waals surface area (Å²) in [6.07, 6.45) is 0.935. The number of carbonyl (C=O) groups excluding carboxylic acids is 1. The largest absolute Gasteiger partial charge is 0.465 e. The van der Waals surface area contributed by atoms with Gasteiger partial charge in [-0.2, -0.15) is 0 Å². The summed E-state index contributed by atoms with van der Waals surface area (Å²) in [5, 5.41) is 3.16. The first-order chi connectivity index (χ1) is 8.98. The lowest BCUT2D eigenvalue weighted by Gasteiger charge is -2.29. The Balaban J connectivity index is 2.50. The summed E-state index contributed by atoms with van der Waals surface area (Å²) in [6.45, 7) is 6.41. The number of sulfone groups is 1. The smallest absolute Gasteiger partial charge is 0.324 e. The highest BCUT2D eigenvalue weighted by atomic mass is 32.2. The monoisotopic (exact) mass is 292 g/mol. The number of ether oxygens (including phenoxy) is 1. The fourth-order valence-electron chi connectivity index (χ4n) is 1.97. The second kappa shape index (κ2) is 7.81. The molecule has 0 saturated carbocycles. The fraction of sp³-hybridized carbons (Fsp3) is 0.917. The van der Waals surface area contributed by atoms with Crippen LogP contribution in [0.2, 0.25) is 0 Å². The van der Waals surface area contributed by atoms with E-state index in [1.165, 1.54) is 0 Å². The Bertz CT molecular complexity index is 369. The van der Waals surface area contributed by atoms with Crippen molar-refractivity contribution in [3.05, 3.63) is 0 Å². The predicted molar refractivity (Wildman–Crippen MR) is 73.8 cm³/mol. The molecule has 19 heavy (non-hydrogen) atoms. The highest BCUT2D eigenvalue weighted by Crippen LogP contribution is 2.05. The maximum atomic E-state index is 11.8. The molecular formula is C12H24N2O4S. The first kappa shape index (κ1) is 16.4. The van der Waals surface area contributed by atoms with Gasteiger partial charge in [0.15, 0.2) is 9.84 Å². The number of hydrogen-bond acceptors (Lipinski definition) is 6. The van der Waals surface area contributed by atoms with Gasteiger partial charge in [0.1, 0.15) is 6.04 Å². The average Bonchev–Trinajstić information content (AvgIpc) is 2.36. The summed E-state index contributed by atoms with van der Waals surface area (Å²) in [6, 6.07) is -0.374. The molecule has 0 aromatic heterocycles. The van der Waals surface area contributed by atoms with Gasteiger partial charge in [-0.1, -0.05) is 6.92 Å². The van der Waals surface area contributed by atoms with E-state index in [1.54, 1.807) is 6.92 Å². The standard InChI is InChI=1S/C12H24N2O4S/c1-3-5-13-11(12(15)18-4-2)10-14-6-8-19(16,17)9-7-14/h11,13H,3-10H2,1-2H3. The van der Waals surface area contributed by atoms with Gasteiger partial charge in [-0.3, -0.25) is 9.69 Å². The Hall–Kier alpha value is -0.660. The quantitative estimate of drug-likeness (QED) is 0.646. The van der Waals surface area contributed by atoms with Crippen molar-refractivity contribution in [3.63, 3.8) is 0 Å². The Kier molecular flexibility index (Phi) is 6.74. The molecule has 6 nitrogen and oxygen atoms in total. The van der Waals surface area contributed by atoms with Crippen LogP contribution in [-0.2, 0) is 19.4 Å². The lowest BCUT2D eigenvalue weighted by Crippen LogP contribution is -2.51. The van der Waals surface area contributed by atoms with Gasteiger partial charge in [0.05, 0.1) is 18.1 Å². The number of esters is 1. The lowest BCUT2D eigenvalue weighted by molar-refractivity contribution is -0.146. The SMILES string of the molecule is CCCNC(CN1CCS(=O)(=O)CC1)C(=O)OCC. The third kappa shape index (κ3) is 5.88. The Labute approximate surface area is 115 Å². The minimum absolute atomic E-state index is 0.177. The molecule has 0 aliphatic carbocycles. The van der Waals surface area contributed by atoms with Crippen molar-refractivity contribution in [1.29, 1.82) is 0 Å². The first-order valence-corrected chi connectivity index (χ1v) is 8.63. The van der Waals surface area contributed by atoms with Crippen molar-refractivity contribution in [1.82, 2.24) is 10.2 Å². The molecule has 0 aromatic rings. The normalized spacial score (nSPS) is 20.9. The molecule has 7 heteroatoms. The zero-order valence-corrected chi connectivity index (χ0v) is 12.5. The first-order valence-electron chi connectivity index (χ1n) is 6.81. The molecule has 1 unspecified atom stereocenters. The van der Waals surface area contributed by atoms with Crippen LogP contribution < -0.4 is 5.32 Å². The molecule has 1 heterocycles. The predicted octanol–water partition coefficient (Wildman–Crippen LogP) is -0.352. The molecule has 1 atom stereocenters. The highest BCUT2D eigenvalue weighted by molar-refractivity contribution is 7.91. The van der Waals surface area contributed by atoms with Gasteiger partial charge in [-0.25, -0.2) is 8.42 Å². The summed E-state index contributed by atoms with van der Waals surface area (Å²) < 4.78 is 27.7. The topological polar surface area (TPSA) is 75.7 Å². The van der Waals surface area contributed by atoms with Crippen LogP contribution in [0.15, 0.2) is 0 Å². The molecule has 1 aliphatic rings. The minimum atomic E-state index is -2.88. The molecule has 1 N–H and O–H groups in total. The van der Waals surface area contributed by atoms with Crippen molar-refractivity contribution < 1.29 is 17.9 Å². The Morgan fingerprint density at radius 2 is 1.95 bits per heavy atom. The fourth-order valence-corrected chi connectivity index (χ4v) is 3.25. The van der Waals surface area contributed by atoms with Crippen LogP contribution in [0.25, 0.3) is 0 Å². The molecule has 1 fully saturated rings. The van der Waals surface area contributed by atoms with Gasteiger partial charge >= 0.3 is 5.97 Å². The zero-order chi connectivity index (χ0) is 14.3. The van der Waals surface area contributed by atoms with E-state index in [0.717, 1.165) is 13.0 Å². The van der Waals surface area contributed by atoms with E-state index in [0.29, 0.717) is 26.2 Å². The van der Waals surface area contributed by atoms with E-state index in [9.17, 15) is 13.2 Å². The Morgan fingerprint density at radius 3 is 2.47 bits per heavy atom. The minimum Gasteiger partial charge on any atom is -0.465 e. The van der Waals surface area contributed by atoms with Crippen molar-refractivity contribution in [2.45, 2.75) is 26.3 Å². The van der Waals surface area contributed by atoms with Gasteiger partial charge in [0, 0.05) is 19.6 Å². The van der Waals surface area contributed by atoms with E-state index in [1.807, 2.05) is 11.8 Å². The van der Waals surface area contributed by atoms with Crippen LogP contribution in [0.5, 0.6) is 0 Å². The molecule has 0 spiro atoms. The summed E-state index contributed by atoms with van der Waals surface area (Å²) in [5.74, 6) is 0.0940. The third-order valence-electron chi connectivity index (χ3n) is 3.09. The van der Waals surface area contributed by atoms with Crippen LogP contribution in [0.1, 0.15) is 20.3 Å². The van der Waals surface area contributed by atoms with E-state index in [4.69, 9.17) is 4.74 Å². The highest BCUT2D eigenvalue weighted by Gasteiger charge is 2.27. The van der Waals surface area contributed by atoms with Gasteiger partial charge in [0.25, 0.3) is 0 Å². The molecular weight excluding hydrogens is 268 g/mol. The van der Waals surface area contributed by atoms with Crippen molar-refractivity contribution in [2.24, 2.45) is 0 Å². The number of rotatable bonds is 7. The number of nitrogens with zero attached hydrogens (tertiary/aromatic N) is 1. The maximum absolute atomic E-state index is 11.8. The molecule has 0 bridgehead atoms. The van der Waals surface area contributed by atoms with Crippen molar-refractivity contribution in [3.8, 4) is 0 Å². The van der Waals surface area contributed by atoms with E-state index in [-0.39, 0.29) is 23.5 Å². The summed E-state index contributed by atoms with van der Waals surface area (Å²) in [4.78, 5) is 13.8. The average molecular weight is 292 g/mol. The molecule has 1 aliphatic heterocycles. The van der Waals surface area contributed by atoms with Crippen molar-refractivity contribution in [2.75, 3.05) is 44.3 Å². The number of hydrogen-bond donors (Lipinski definition) is 1. The van der Waals surface area contributed by atoms with Crippen molar-refractivity contribution >= 4 is 15.8 Å². The summed E-state index contributed by atoms with van der Waals surface area (Å²) >= 11 is 0. The number of carbonyl (C=O) groups is 1. The second-order valence-electron chi connectivity index (χ2n) is 4.71. The molecule has 0 aromatic carbocycles. The van der Waals surface area contributed by atoms with Crippen LogP contribution in [-0.4, -0.2) is 69.6 Å². The third-order valence-corrected chi connectivity index (χ3v) is 4.70. The zero-order valence-electron chi connectivity index (χ0n) is 11.7. The van der Waals surface area contributed by atoms with Gasteiger partial charge in [-0.05, 0) is 19.9 Å². The van der Waals surface area contributed by atoms with Crippen LogP contribution in [0.3, 0.4) is 0 Å². The summed E-state index contributed by atoms with van der Waals surface area (Å²) in [5.41, 5.74) is 0. The van der Waals surface area contributed by atoms with Crippen LogP contribution >= 0.6 is 0 Å². The molecule has 112 valence electrons. The number of nitrogens with one attached hydrogen (secondary N) is 1. The second-order valence-corrected chi connectivity index (χ2v) is 7.01. The van der Waals surface area contributed by atoms with E-state index < -0.39 is 9.84 Å². The molecule has 0 amide bonds. The van der Waals surface area contributed by atoms with Gasteiger partial charge in [-0.15, -0.1) is 0 Å². The Morgan fingerprint density at radius 1 is 1.32 bits per heavy atom. The van der Waals surface area contributed by atoms with Gasteiger partial charge in [0.2, 0.25) is 0 Å². The van der Waals surface area contributed by atoms with E-state index in [2.05, 4.69) is 5.32 Å². The molecule has 0 radical (unpaired) electrons. The van der Waals surface area contributed by atoms with Crippen LogP contribution in [0.4, 0.5) is 0 Å². The maximum Gasteiger partial charge on any atom is 0.324 e. The van der Waals surface area contributed by atoms with E-state index >= 15 is 0 Å². The van der Waals surface area contributed by atoms with Gasteiger partial charge < -0.3 is 10.1 Å².